The quantitative estimate of drug-likeness (QED) is 0.746. The van der Waals surface area contributed by atoms with E-state index < -0.39 is 0 Å². The lowest BCUT2D eigenvalue weighted by Crippen LogP contribution is -2.54. The molecule has 1 aliphatic rings. The molecule has 0 bridgehead atoms. The Balaban J connectivity index is 0.000000845. The van der Waals surface area contributed by atoms with E-state index in [4.69, 9.17) is 10.5 Å². The van der Waals surface area contributed by atoms with Crippen LogP contribution in [0.5, 0.6) is 0 Å². The first-order chi connectivity index (χ1) is 5.71. The van der Waals surface area contributed by atoms with E-state index >= 15 is 0 Å². The number of rotatable bonds is 1. The van der Waals surface area contributed by atoms with Crippen LogP contribution in [0.1, 0.15) is 11.1 Å². The smallest absolute Gasteiger partial charge is 0.0883 e. The number of nitrogens with two attached hydrogens (primary N) is 1. The Hall–Kier alpha value is -0.570. The van der Waals surface area contributed by atoms with Crippen LogP contribution in [0.25, 0.3) is 0 Å². The van der Waals surface area contributed by atoms with Crippen molar-refractivity contribution in [1.29, 1.82) is 0 Å². The molecule has 1 fully saturated rings. The minimum atomic E-state index is -0.215. The first-order valence-corrected chi connectivity index (χ1v) is 4.14. The summed E-state index contributed by atoms with van der Waals surface area (Å²) in [5.74, 6) is 0. The average molecular weight is 200 g/mol. The van der Waals surface area contributed by atoms with E-state index in [1.54, 1.807) is 0 Å². The van der Waals surface area contributed by atoms with E-state index in [1.807, 2.05) is 0 Å². The summed E-state index contributed by atoms with van der Waals surface area (Å²) in [5, 5.41) is 0. The van der Waals surface area contributed by atoms with Crippen molar-refractivity contribution in [2.24, 2.45) is 5.73 Å². The number of aryl methyl sites for hydroxylation is 1. The van der Waals surface area contributed by atoms with Crippen LogP contribution in [-0.4, -0.2) is 13.2 Å². The predicted molar refractivity (Wildman–Crippen MR) is 55.1 cm³/mol. The van der Waals surface area contributed by atoms with Gasteiger partial charge in [-0.15, -0.1) is 12.4 Å². The van der Waals surface area contributed by atoms with Crippen LogP contribution >= 0.6 is 12.4 Å². The Kier molecular flexibility index (Phi) is 2.96. The summed E-state index contributed by atoms with van der Waals surface area (Å²) in [6.07, 6.45) is 0. The number of hydrogen-bond donors (Lipinski definition) is 1. The SMILES string of the molecule is Cc1ccc(C2(N)COC2)cc1.Cl. The van der Waals surface area contributed by atoms with Gasteiger partial charge in [0.25, 0.3) is 0 Å². The van der Waals surface area contributed by atoms with Crippen LogP contribution in [0.3, 0.4) is 0 Å². The predicted octanol–water partition coefficient (Wildman–Crippen LogP) is 1.60. The van der Waals surface area contributed by atoms with Gasteiger partial charge >= 0.3 is 0 Å². The maximum absolute atomic E-state index is 6.05. The lowest BCUT2D eigenvalue weighted by atomic mass is 9.89. The molecule has 2 N–H and O–H groups in total. The Morgan fingerprint density at radius 3 is 2.15 bits per heavy atom. The third-order valence-electron chi connectivity index (χ3n) is 2.35. The van der Waals surface area contributed by atoms with Crippen molar-refractivity contribution < 1.29 is 4.74 Å². The van der Waals surface area contributed by atoms with Gasteiger partial charge in [0.05, 0.1) is 18.8 Å². The van der Waals surface area contributed by atoms with Crippen molar-refractivity contribution in [1.82, 2.24) is 0 Å². The minimum absolute atomic E-state index is 0. The molecular weight excluding hydrogens is 186 g/mol. The van der Waals surface area contributed by atoms with Crippen LogP contribution in [0.4, 0.5) is 0 Å². The Morgan fingerprint density at radius 1 is 1.23 bits per heavy atom. The highest BCUT2D eigenvalue weighted by molar-refractivity contribution is 5.85. The maximum atomic E-state index is 6.05. The van der Waals surface area contributed by atoms with Crippen molar-refractivity contribution in [3.8, 4) is 0 Å². The summed E-state index contributed by atoms with van der Waals surface area (Å²) < 4.78 is 5.10. The fourth-order valence-corrected chi connectivity index (χ4v) is 1.37. The van der Waals surface area contributed by atoms with Crippen LogP contribution < -0.4 is 5.73 Å². The molecule has 72 valence electrons. The number of benzene rings is 1. The fourth-order valence-electron chi connectivity index (χ4n) is 1.37. The second kappa shape index (κ2) is 3.66. The maximum Gasteiger partial charge on any atom is 0.0883 e. The van der Waals surface area contributed by atoms with Gasteiger partial charge in [-0.2, -0.15) is 0 Å². The lowest BCUT2D eigenvalue weighted by molar-refractivity contribution is -0.0569. The highest BCUT2D eigenvalue weighted by atomic mass is 35.5. The van der Waals surface area contributed by atoms with Gasteiger partial charge in [0.1, 0.15) is 0 Å². The molecule has 1 heterocycles. The summed E-state index contributed by atoms with van der Waals surface area (Å²) in [6, 6.07) is 8.33. The standard InChI is InChI=1S/C10H13NO.ClH/c1-8-2-4-9(5-3-8)10(11)6-12-7-10;/h2-5H,6-7,11H2,1H3;1H. The van der Waals surface area contributed by atoms with E-state index in [-0.39, 0.29) is 17.9 Å². The Labute approximate surface area is 84.5 Å². The third kappa shape index (κ3) is 1.85. The monoisotopic (exact) mass is 199 g/mol. The second-order valence-electron chi connectivity index (χ2n) is 3.51. The zero-order valence-corrected chi connectivity index (χ0v) is 8.43. The number of ether oxygens (including phenoxy) is 1. The molecule has 0 amide bonds. The first kappa shape index (κ1) is 10.5. The fraction of sp³-hybridized carbons (Fsp3) is 0.400. The molecular formula is C10H14ClNO. The van der Waals surface area contributed by atoms with Gasteiger partial charge in [-0.3, -0.25) is 0 Å². The molecule has 0 aromatic heterocycles. The summed E-state index contributed by atoms with van der Waals surface area (Å²) in [5.41, 5.74) is 8.28. The molecule has 13 heavy (non-hydrogen) atoms. The summed E-state index contributed by atoms with van der Waals surface area (Å²) in [7, 11) is 0. The van der Waals surface area contributed by atoms with Gasteiger partial charge in [0, 0.05) is 0 Å². The summed E-state index contributed by atoms with van der Waals surface area (Å²) in [6.45, 7) is 3.37. The molecule has 0 unspecified atom stereocenters. The third-order valence-corrected chi connectivity index (χ3v) is 2.35. The number of halogens is 1. The van der Waals surface area contributed by atoms with E-state index in [0.29, 0.717) is 13.2 Å². The van der Waals surface area contributed by atoms with Crippen LogP contribution in [0.2, 0.25) is 0 Å². The van der Waals surface area contributed by atoms with Crippen molar-refractivity contribution in [2.75, 3.05) is 13.2 Å². The van der Waals surface area contributed by atoms with Gasteiger partial charge in [0.15, 0.2) is 0 Å². The Morgan fingerprint density at radius 2 is 1.77 bits per heavy atom. The molecule has 1 saturated heterocycles. The Bertz CT molecular complexity index is 279. The molecule has 3 heteroatoms. The largest absolute Gasteiger partial charge is 0.377 e. The van der Waals surface area contributed by atoms with Crippen molar-refractivity contribution in [2.45, 2.75) is 12.5 Å². The minimum Gasteiger partial charge on any atom is -0.377 e. The molecule has 2 rings (SSSR count). The first-order valence-electron chi connectivity index (χ1n) is 4.14. The summed E-state index contributed by atoms with van der Waals surface area (Å²) in [4.78, 5) is 0. The van der Waals surface area contributed by atoms with Crippen LogP contribution in [0.15, 0.2) is 24.3 Å². The molecule has 0 radical (unpaired) electrons. The second-order valence-corrected chi connectivity index (χ2v) is 3.51. The lowest BCUT2D eigenvalue weighted by Gasteiger charge is -2.38. The molecule has 1 aliphatic heterocycles. The molecule has 0 atom stereocenters. The zero-order valence-electron chi connectivity index (χ0n) is 7.62. The average Bonchev–Trinajstić information content (AvgIpc) is 2.02. The number of hydrogen-bond acceptors (Lipinski definition) is 2. The highest BCUT2D eigenvalue weighted by Crippen LogP contribution is 2.26. The summed E-state index contributed by atoms with van der Waals surface area (Å²) >= 11 is 0. The van der Waals surface area contributed by atoms with Gasteiger partial charge in [-0.25, -0.2) is 0 Å². The topological polar surface area (TPSA) is 35.2 Å². The normalized spacial score (nSPS) is 18.6. The molecule has 0 aliphatic carbocycles. The van der Waals surface area contributed by atoms with Gasteiger partial charge in [0.2, 0.25) is 0 Å². The molecule has 2 nitrogen and oxygen atoms in total. The van der Waals surface area contributed by atoms with Crippen molar-refractivity contribution in [3.05, 3.63) is 35.4 Å². The van der Waals surface area contributed by atoms with E-state index in [1.165, 1.54) is 11.1 Å². The van der Waals surface area contributed by atoms with Crippen molar-refractivity contribution >= 4 is 12.4 Å². The van der Waals surface area contributed by atoms with Crippen LogP contribution in [-0.2, 0) is 10.3 Å². The van der Waals surface area contributed by atoms with E-state index in [9.17, 15) is 0 Å². The van der Waals surface area contributed by atoms with Gasteiger partial charge in [-0.05, 0) is 12.5 Å². The van der Waals surface area contributed by atoms with E-state index in [0.717, 1.165) is 0 Å². The van der Waals surface area contributed by atoms with Crippen molar-refractivity contribution in [3.63, 3.8) is 0 Å². The zero-order chi connectivity index (χ0) is 8.60. The molecule has 1 aromatic carbocycles. The van der Waals surface area contributed by atoms with E-state index in [2.05, 4.69) is 31.2 Å². The van der Waals surface area contributed by atoms with Gasteiger partial charge in [-0.1, -0.05) is 29.8 Å². The molecule has 1 aromatic rings. The molecule has 0 saturated carbocycles. The van der Waals surface area contributed by atoms with Gasteiger partial charge < -0.3 is 10.5 Å². The highest BCUT2D eigenvalue weighted by Gasteiger charge is 2.35. The molecule has 0 spiro atoms. The van der Waals surface area contributed by atoms with Crippen LogP contribution in [0, 0.1) is 6.92 Å².